The van der Waals surface area contributed by atoms with Crippen molar-refractivity contribution in [3.63, 3.8) is 0 Å². The van der Waals surface area contributed by atoms with Crippen molar-refractivity contribution in [1.29, 1.82) is 0 Å². The van der Waals surface area contributed by atoms with Crippen LogP contribution in [-0.4, -0.2) is 33.8 Å². The Bertz CT molecular complexity index is 679. The van der Waals surface area contributed by atoms with E-state index in [9.17, 15) is 14.0 Å². The van der Waals surface area contributed by atoms with Gasteiger partial charge in [-0.2, -0.15) is 4.98 Å². The largest absolute Gasteiger partial charge is 0.468 e. The number of benzene rings is 1. The highest BCUT2D eigenvalue weighted by Gasteiger charge is 2.32. The van der Waals surface area contributed by atoms with Gasteiger partial charge in [-0.25, -0.2) is 14.4 Å². The smallest absolute Gasteiger partial charge is 0.321 e. The van der Waals surface area contributed by atoms with E-state index >= 15 is 0 Å². The number of methoxy groups -OCH3 is 1. The summed E-state index contributed by atoms with van der Waals surface area (Å²) < 4.78 is 17.6. The van der Waals surface area contributed by atoms with Crippen molar-refractivity contribution in [2.45, 2.75) is 5.92 Å². The van der Waals surface area contributed by atoms with Gasteiger partial charge in [0.2, 0.25) is 16.9 Å². The number of ether oxygens (including phenoxy) is 1. The molecule has 108 valence electrons. The number of aromatic nitrogens is 3. The van der Waals surface area contributed by atoms with Gasteiger partial charge in [-0.1, -0.05) is 12.1 Å². The van der Waals surface area contributed by atoms with Crippen LogP contribution < -0.4 is 0 Å². The second-order valence-electron chi connectivity index (χ2n) is 3.95. The SMILES string of the molecule is COC(=O)C(C(=O)c1ncnc(Cl)n1)c1ccc(F)cc1. The number of halogens is 2. The van der Waals surface area contributed by atoms with E-state index in [0.29, 0.717) is 0 Å². The lowest BCUT2D eigenvalue weighted by Gasteiger charge is -2.13. The van der Waals surface area contributed by atoms with Crippen molar-refractivity contribution in [3.05, 3.63) is 53.1 Å². The maximum atomic E-state index is 13.0. The highest BCUT2D eigenvalue weighted by molar-refractivity contribution is 6.28. The lowest BCUT2D eigenvalue weighted by Crippen LogP contribution is -2.25. The predicted molar refractivity (Wildman–Crippen MR) is 70.3 cm³/mol. The fourth-order valence-electron chi connectivity index (χ4n) is 1.69. The molecular weight excluding hydrogens is 301 g/mol. The monoisotopic (exact) mass is 309 g/mol. The van der Waals surface area contributed by atoms with Crippen LogP contribution in [0.3, 0.4) is 0 Å². The summed E-state index contributed by atoms with van der Waals surface area (Å²) in [7, 11) is 1.15. The molecule has 21 heavy (non-hydrogen) atoms. The molecule has 0 bridgehead atoms. The molecule has 2 rings (SSSR count). The zero-order chi connectivity index (χ0) is 15.4. The average molecular weight is 310 g/mol. The van der Waals surface area contributed by atoms with Gasteiger partial charge in [-0.15, -0.1) is 0 Å². The van der Waals surface area contributed by atoms with Crippen molar-refractivity contribution in [3.8, 4) is 0 Å². The highest BCUT2D eigenvalue weighted by atomic mass is 35.5. The molecule has 0 fully saturated rings. The Morgan fingerprint density at radius 3 is 2.48 bits per heavy atom. The number of hydrogen-bond acceptors (Lipinski definition) is 6. The quantitative estimate of drug-likeness (QED) is 0.486. The number of carbonyl (C=O) groups excluding carboxylic acids is 2. The molecule has 1 unspecified atom stereocenters. The van der Waals surface area contributed by atoms with Crippen molar-refractivity contribution >= 4 is 23.4 Å². The first kappa shape index (κ1) is 15.0. The zero-order valence-corrected chi connectivity index (χ0v) is 11.5. The van der Waals surface area contributed by atoms with Gasteiger partial charge in [0, 0.05) is 0 Å². The number of hydrogen-bond donors (Lipinski definition) is 0. The summed E-state index contributed by atoms with van der Waals surface area (Å²) in [5.41, 5.74) is 0.268. The zero-order valence-electron chi connectivity index (χ0n) is 10.8. The molecule has 0 amide bonds. The highest BCUT2D eigenvalue weighted by Crippen LogP contribution is 2.22. The van der Waals surface area contributed by atoms with Crippen LogP contribution in [0.2, 0.25) is 5.28 Å². The summed E-state index contributed by atoms with van der Waals surface area (Å²) in [4.78, 5) is 35.1. The molecule has 1 heterocycles. The van der Waals surface area contributed by atoms with E-state index in [1.807, 2.05) is 0 Å². The van der Waals surface area contributed by atoms with Crippen molar-refractivity contribution in [2.75, 3.05) is 7.11 Å². The average Bonchev–Trinajstić information content (AvgIpc) is 2.49. The summed E-state index contributed by atoms with van der Waals surface area (Å²) in [6, 6.07) is 4.91. The molecule has 1 aromatic carbocycles. The van der Waals surface area contributed by atoms with Gasteiger partial charge in [-0.3, -0.25) is 9.59 Å². The second kappa shape index (κ2) is 6.36. The van der Waals surface area contributed by atoms with E-state index in [1.165, 1.54) is 12.1 Å². The number of nitrogens with zero attached hydrogens (tertiary/aromatic N) is 3. The van der Waals surface area contributed by atoms with Crippen LogP contribution >= 0.6 is 11.6 Å². The van der Waals surface area contributed by atoms with Crippen LogP contribution in [0, 0.1) is 5.82 Å². The van der Waals surface area contributed by atoms with E-state index in [1.54, 1.807) is 0 Å². The fraction of sp³-hybridized carbons (Fsp3) is 0.154. The van der Waals surface area contributed by atoms with E-state index in [0.717, 1.165) is 25.6 Å². The van der Waals surface area contributed by atoms with Gasteiger partial charge in [0.1, 0.15) is 18.1 Å². The summed E-state index contributed by atoms with van der Waals surface area (Å²) in [6.45, 7) is 0. The fourth-order valence-corrected chi connectivity index (χ4v) is 1.82. The van der Waals surface area contributed by atoms with Crippen molar-refractivity contribution < 1.29 is 18.7 Å². The van der Waals surface area contributed by atoms with Crippen molar-refractivity contribution in [2.24, 2.45) is 0 Å². The van der Waals surface area contributed by atoms with E-state index in [4.69, 9.17) is 11.6 Å². The first-order valence-electron chi connectivity index (χ1n) is 5.75. The molecule has 0 radical (unpaired) electrons. The number of rotatable bonds is 4. The minimum absolute atomic E-state index is 0.170. The van der Waals surface area contributed by atoms with Crippen molar-refractivity contribution in [1.82, 2.24) is 15.0 Å². The van der Waals surface area contributed by atoms with Gasteiger partial charge in [0.05, 0.1) is 7.11 Å². The maximum Gasteiger partial charge on any atom is 0.321 e. The molecule has 0 spiro atoms. The van der Waals surface area contributed by atoms with Gasteiger partial charge in [0.15, 0.2) is 0 Å². The molecule has 1 atom stereocenters. The van der Waals surface area contributed by atoms with Gasteiger partial charge >= 0.3 is 5.97 Å². The molecule has 2 aromatic rings. The molecule has 0 aliphatic carbocycles. The Morgan fingerprint density at radius 1 is 1.24 bits per heavy atom. The van der Waals surface area contributed by atoms with Crippen LogP contribution in [0.1, 0.15) is 22.1 Å². The topological polar surface area (TPSA) is 82.0 Å². The third-order valence-electron chi connectivity index (χ3n) is 2.67. The Morgan fingerprint density at radius 2 is 1.90 bits per heavy atom. The minimum Gasteiger partial charge on any atom is -0.468 e. The molecule has 0 N–H and O–H groups in total. The summed E-state index contributed by atoms with van der Waals surface area (Å²) in [6.07, 6.45) is 1.06. The Labute approximate surface area is 124 Å². The van der Waals surface area contributed by atoms with Gasteiger partial charge in [-0.05, 0) is 29.3 Å². The Hall–Kier alpha value is -2.41. The summed E-state index contributed by atoms with van der Waals surface area (Å²) in [5.74, 6) is -3.57. The van der Waals surface area contributed by atoms with Crippen LogP contribution in [0.25, 0.3) is 0 Å². The maximum absolute atomic E-state index is 13.0. The summed E-state index contributed by atoms with van der Waals surface area (Å²) in [5, 5.41) is -0.170. The Kier molecular flexibility index (Phi) is 4.54. The standard InChI is InChI=1S/C13H9ClFN3O3/c1-21-12(20)9(7-2-4-8(15)5-3-7)10(19)11-16-6-17-13(14)18-11/h2-6,9H,1H3. The predicted octanol–water partition coefficient (Wildman–Crippen LogP) is 1.80. The second-order valence-corrected chi connectivity index (χ2v) is 4.29. The molecule has 8 heteroatoms. The normalized spacial score (nSPS) is 11.8. The van der Waals surface area contributed by atoms with Crippen LogP contribution in [0.5, 0.6) is 0 Å². The lowest BCUT2D eigenvalue weighted by molar-refractivity contribution is -0.141. The number of Topliss-reactive ketones (excluding diaryl/α,β-unsaturated/α-hetero) is 1. The van der Waals surface area contributed by atoms with E-state index < -0.39 is 23.5 Å². The molecule has 0 aliphatic heterocycles. The molecule has 1 aromatic heterocycles. The third-order valence-corrected chi connectivity index (χ3v) is 2.85. The minimum atomic E-state index is -1.30. The molecule has 6 nitrogen and oxygen atoms in total. The summed E-state index contributed by atoms with van der Waals surface area (Å²) >= 11 is 5.59. The van der Waals surface area contributed by atoms with Crippen LogP contribution in [0.4, 0.5) is 4.39 Å². The molecule has 0 aliphatic rings. The molecular formula is C13H9ClFN3O3. The van der Waals surface area contributed by atoms with Crippen LogP contribution in [-0.2, 0) is 9.53 Å². The number of ketones is 1. The molecule has 0 saturated heterocycles. The molecule has 0 saturated carbocycles. The van der Waals surface area contributed by atoms with E-state index in [-0.39, 0.29) is 16.7 Å². The number of carbonyl (C=O) groups is 2. The first-order chi connectivity index (χ1) is 10.0. The lowest BCUT2D eigenvalue weighted by atomic mass is 9.94. The van der Waals surface area contributed by atoms with E-state index in [2.05, 4.69) is 19.7 Å². The Balaban J connectivity index is 2.43. The first-order valence-corrected chi connectivity index (χ1v) is 6.12. The van der Waals surface area contributed by atoms with Crippen LogP contribution in [0.15, 0.2) is 30.6 Å². The third kappa shape index (κ3) is 3.38. The number of esters is 1. The van der Waals surface area contributed by atoms with Gasteiger partial charge in [0.25, 0.3) is 0 Å². The van der Waals surface area contributed by atoms with Gasteiger partial charge < -0.3 is 4.74 Å².